The maximum atomic E-state index is 11.4. The van der Waals surface area contributed by atoms with Crippen LogP contribution in [0.2, 0.25) is 0 Å². The highest BCUT2D eigenvalue weighted by molar-refractivity contribution is 9.10. The first kappa shape index (κ1) is 13.4. The third kappa shape index (κ3) is 4.89. The summed E-state index contributed by atoms with van der Waals surface area (Å²) < 4.78 is 26.0. The van der Waals surface area contributed by atoms with Crippen molar-refractivity contribution in [3.63, 3.8) is 0 Å². The minimum atomic E-state index is -3.37. The van der Waals surface area contributed by atoms with Crippen molar-refractivity contribution in [2.24, 2.45) is 5.73 Å². The molecule has 0 heterocycles. The molecule has 0 fully saturated rings. The van der Waals surface area contributed by atoms with Crippen LogP contribution in [0.1, 0.15) is 5.56 Å². The van der Waals surface area contributed by atoms with Crippen molar-refractivity contribution < 1.29 is 8.42 Å². The topological polar surface area (TPSA) is 72.2 Å². The average molecular weight is 305 g/mol. The fraction of sp³-hybridized carbons (Fsp3) is 0.200. The van der Waals surface area contributed by atoms with Crippen molar-refractivity contribution in [2.75, 3.05) is 13.1 Å². The number of rotatable bonds is 5. The highest BCUT2D eigenvalue weighted by atomic mass is 79.9. The predicted octanol–water partition coefficient (Wildman–Crippen LogP) is 1.30. The highest BCUT2D eigenvalue weighted by Crippen LogP contribution is 2.11. The van der Waals surface area contributed by atoms with Gasteiger partial charge in [0.1, 0.15) is 0 Å². The Kier molecular flexibility index (Phi) is 5.14. The van der Waals surface area contributed by atoms with Gasteiger partial charge in [-0.1, -0.05) is 28.1 Å². The van der Waals surface area contributed by atoms with Crippen LogP contribution in [0.25, 0.3) is 6.08 Å². The molecule has 0 atom stereocenters. The molecular weight excluding hydrogens is 292 g/mol. The molecule has 0 aliphatic carbocycles. The van der Waals surface area contributed by atoms with Crippen LogP contribution in [0.15, 0.2) is 34.1 Å². The molecule has 88 valence electrons. The zero-order valence-corrected chi connectivity index (χ0v) is 11.0. The summed E-state index contributed by atoms with van der Waals surface area (Å²) in [7, 11) is -3.37. The van der Waals surface area contributed by atoms with E-state index in [2.05, 4.69) is 20.7 Å². The smallest absolute Gasteiger partial charge is 0.233 e. The lowest BCUT2D eigenvalue weighted by Gasteiger charge is -1.99. The first-order valence-electron chi connectivity index (χ1n) is 4.67. The molecule has 0 aliphatic heterocycles. The van der Waals surface area contributed by atoms with Gasteiger partial charge in [-0.2, -0.15) is 0 Å². The lowest BCUT2D eigenvalue weighted by Crippen LogP contribution is -2.27. The average Bonchev–Trinajstić information content (AvgIpc) is 2.26. The van der Waals surface area contributed by atoms with Crippen molar-refractivity contribution in [3.8, 4) is 0 Å². The van der Waals surface area contributed by atoms with Crippen LogP contribution in [0.5, 0.6) is 0 Å². The van der Waals surface area contributed by atoms with Gasteiger partial charge >= 0.3 is 0 Å². The Bertz CT molecular complexity index is 454. The summed E-state index contributed by atoms with van der Waals surface area (Å²) in [5.41, 5.74) is 6.02. The van der Waals surface area contributed by atoms with Gasteiger partial charge in [0.2, 0.25) is 10.0 Å². The van der Waals surface area contributed by atoms with E-state index in [9.17, 15) is 8.42 Å². The number of hydrogen-bond acceptors (Lipinski definition) is 3. The van der Waals surface area contributed by atoms with Gasteiger partial charge < -0.3 is 5.73 Å². The first-order chi connectivity index (χ1) is 7.53. The van der Waals surface area contributed by atoms with E-state index in [0.717, 1.165) is 15.4 Å². The standard InChI is InChI=1S/C10H13BrN2O2S/c11-10-3-1-9(2-4-10)5-8-16(14,15)13-7-6-12/h1-5,8,13H,6-7,12H2. The van der Waals surface area contributed by atoms with Gasteiger partial charge in [0.05, 0.1) is 0 Å². The van der Waals surface area contributed by atoms with E-state index in [0.29, 0.717) is 0 Å². The number of sulfonamides is 1. The molecule has 0 spiro atoms. The zero-order chi connectivity index (χ0) is 12.0. The fourth-order valence-corrected chi connectivity index (χ4v) is 2.09. The first-order valence-corrected chi connectivity index (χ1v) is 7.01. The number of hydrogen-bond donors (Lipinski definition) is 2. The fourth-order valence-electron chi connectivity index (χ4n) is 0.991. The van der Waals surface area contributed by atoms with E-state index in [-0.39, 0.29) is 13.1 Å². The van der Waals surface area contributed by atoms with E-state index >= 15 is 0 Å². The molecule has 1 rings (SSSR count). The van der Waals surface area contributed by atoms with Gasteiger partial charge in [0.25, 0.3) is 0 Å². The molecule has 0 aromatic heterocycles. The Morgan fingerprint density at radius 1 is 1.31 bits per heavy atom. The summed E-state index contributed by atoms with van der Waals surface area (Å²) in [6.45, 7) is 0.526. The Morgan fingerprint density at radius 3 is 2.50 bits per heavy atom. The molecule has 1 aromatic carbocycles. The quantitative estimate of drug-likeness (QED) is 0.861. The molecular formula is C10H13BrN2O2S. The minimum Gasteiger partial charge on any atom is -0.329 e. The van der Waals surface area contributed by atoms with E-state index in [1.807, 2.05) is 24.3 Å². The van der Waals surface area contributed by atoms with Crippen LogP contribution in [0.4, 0.5) is 0 Å². The summed E-state index contributed by atoms with van der Waals surface area (Å²) in [6, 6.07) is 7.33. The Hall–Kier alpha value is -0.690. The second kappa shape index (κ2) is 6.15. The molecule has 3 N–H and O–H groups in total. The number of nitrogens with one attached hydrogen (secondary N) is 1. The molecule has 0 saturated carbocycles. The normalized spacial score (nSPS) is 12.1. The van der Waals surface area contributed by atoms with Gasteiger partial charge in [-0.15, -0.1) is 0 Å². The van der Waals surface area contributed by atoms with Gasteiger partial charge in [-0.3, -0.25) is 0 Å². The van der Waals surface area contributed by atoms with Crippen LogP contribution < -0.4 is 10.5 Å². The number of benzene rings is 1. The molecule has 0 saturated heterocycles. The van der Waals surface area contributed by atoms with Gasteiger partial charge in [0.15, 0.2) is 0 Å². The summed E-state index contributed by atoms with van der Waals surface area (Å²) in [5, 5.41) is 1.13. The van der Waals surface area contributed by atoms with E-state index in [1.54, 1.807) is 0 Å². The predicted molar refractivity (Wildman–Crippen MR) is 69.2 cm³/mol. The summed E-state index contributed by atoms with van der Waals surface area (Å²) >= 11 is 3.30. The molecule has 0 bridgehead atoms. The molecule has 0 aliphatic rings. The molecule has 1 aromatic rings. The van der Waals surface area contributed by atoms with E-state index in [1.165, 1.54) is 6.08 Å². The number of nitrogens with two attached hydrogens (primary N) is 1. The van der Waals surface area contributed by atoms with Gasteiger partial charge in [-0.25, -0.2) is 13.1 Å². The minimum absolute atomic E-state index is 0.243. The van der Waals surface area contributed by atoms with Crippen LogP contribution in [0.3, 0.4) is 0 Å². The zero-order valence-electron chi connectivity index (χ0n) is 8.56. The Morgan fingerprint density at radius 2 is 1.94 bits per heavy atom. The summed E-state index contributed by atoms with van der Waals surface area (Å²) in [4.78, 5) is 0. The Labute approximate surface area is 104 Å². The summed E-state index contributed by atoms with van der Waals surface area (Å²) in [6.07, 6.45) is 1.53. The SMILES string of the molecule is NCCNS(=O)(=O)C=Cc1ccc(Br)cc1. The largest absolute Gasteiger partial charge is 0.329 e. The molecule has 16 heavy (non-hydrogen) atoms. The third-order valence-electron chi connectivity index (χ3n) is 1.76. The second-order valence-electron chi connectivity index (χ2n) is 3.08. The molecule has 0 amide bonds. The van der Waals surface area contributed by atoms with Crippen molar-refractivity contribution in [1.82, 2.24) is 4.72 Å². The van der Waals surface area contributed by atoms with Crippen LogP contribution in [-0.4, -0.2) is 21.5 Å². The second-order valence-corrected chi connectivity index (χ2v) is 5.65. The third-order valence-corrected chi connectivity index (χ3v) is 3.39. The van der Waals surface area contributed by atoms with Gasteiger partial charge in [0, 0.05) is 23.0 Å². The van der Waals surface area contributed by atoms with Crippen LogP contribution in [0, 0.1) is 0 Å². The van der Waals surface area contributed by atoms with Crippen molar-refractivity contribution >= 4 is 32.0 Å². The monoisotopic (exact) mass is 304 g/mol. The Balaban J connectivity index is 2.69. The highest BCUT2D eigenvalue weighted by Gasteiger charge is 2.02. The molecule has 0 radical (unpaired) electrons. The maximum absolute atomic E-state index is 11.4. The van der Waals surface area contributed by atoms with E-state index in [4.69, 9.17) is 5.73 Å². The lowest BCUT2D eigenvalue weighted by atomic mass is 10.2. The van der Waals surface area contributed by atoms with Crippen LogP contribution in [-0.2, 0) is 10.0 Å². The van der Waals surface area contributed by atoms with Crippen molar-refractivity contribution in [1.29, 1.82) is 0 Å². The van der Waals surface area contributed by atoms with Gasteiger partial charge in [-0.05, 0) is 23.8 Å². The number of halogens is 1. The van der Waals surface area contributed by atoms with E-state index < -0.39 is 10.0 Å². The van der Waals surface area contributed by atoms with Crippen molar-refractivity contribution in [2.45, 2.75) is 0 Å². The van der Waals surface area contributed by atoms with Crippen molar-refractivity contribution in [3.05, 3.63) is 39.7 Å². The van der Waals surface area contributed by atoms with Crippen LogP contribution >= 0.6 is 15.9 Å². The molecule has 4 nitrogen and oxygen atoms in total. The summed E-state index contributed by atoms with van der Waals surface area (Å²) in [5.74, 6) is 0. The molecule has 0 unspecified atom stereocenters. The lowest BCUT2D eigenvalue weighted by molar-refractivity contribution is 0.591. The maximum Gasteiger partial charge on any atom is 0.233 e. The molecule has 6 heteroatoms.